The third-order valence-electron chi connectivity index (χ3n) is 4.04. The van der Waals surface area contributed by atoms with E-state index in [1.54, 1.807) is 27.7 Å². The molecule has 25 heavy (non-hydrogen) atoms. The lowest BCUT2D eigenvalue weighted by Crippen LogP contribution is -2.40. The number of carbonyl (C=O) groups is 1. The first-order valence-electron chi connectivity index (χ1n) is 8.10. The second-order valence-electron chi connectivity index (χ2n) is 5.69. The summed E-state index contributed by atoms with van der Waals surface area (Å²) in [6.07, 6.45) is 0.732. The summed E-state index contributed by atoms with van der Waals surface area (Å²) in [5, 5.41) is 0.927. The van der Waals surface area contributed by atoms with Crippen LogP contribution >= 0.6 is 34.8 Å². The Balaban J connectivity index is 2.63. The highest BCUT2D eigenvalue weighted by Gasteiger charge is 2.28. The summed E-state index contributed by atoms with van der Waals surface area (Å²) in [6.45, 7) is 6.52. The lowest BCUT2D eigenvalue weighted by molar-refractivity contribution is -0.131. The standard InChI is InChI=1S/C17H20Cl3N3O2/c1-4-8-23(17(25)14(19)20)10(3)15-21-13-7-6-11(18)9-12(13)16(24)22(15)5-2/h6-7,9-10,14H,4-5,8H2,1-3H3. The predicted octanol–water partition coefficient (Wildman–Crippen LogP) is 4.17. The highest BCUT2D eigenvalue weighted by Crippen LogP contribution is 2.24. The number of fused-ring (bicyclic) bond motifs is 1. The number of nitrogens with zero attached hydrogens (tertiary/aromatic N) is 3. The van der Waals surface area contributed by atoms with Crippen molar-refractivity contribution in [1.29, 1.82) is 0 Å². The van der Waals surface area contributed by atoms with Gasteiger partial charge in [0.25, 0.3) is 11.5 Å². The Bertz CT molecular complexity index is 836. The molecule has 2 rings (SSSR count). The molecule has 0 saturated heterocycles. The number of carbonyl (C=O) groups excluding carboxylic acids is 1. The fraction of sp³-hybridized carbons (Fsp3) is 0.471. The van der Waals surface area contributed by atoms with Gasteiger partial charge >= 0.3 is 0 Å². The quantitative estimate of drug-likeness (QED) is 0.679. The maximum absolute atomic E-state index is 12.8. The maximum atomic E-state index is 12.8. The Morgan fingerprint density at radius 3 is 2.56 bits per heavy atom. The van der Waals surface area contributed by atoms with Crippen molar-refractivity contribution in [2.75, 3.05) is 6.54 Å². The SMILES string of the molecule is CCCN(C(=O)C(Cl)Cl)C(C)c1nc2ccc(Cl)cc2c(=O)n1CC. The molecule has 0 saturated carbocycles. The Morgan fingerprint density at radius 2 is 2.00 bits per heavy atom. The smallest absolute Gasteiger partial charge is 0.261 e. The van der Waals surface area contributed by atoms with Crippen molar-refractivity contribution in [3.8, 4) is 0 Å². The molecule has 1 aromatic heterocycles. The summed E-state index contributed by atoms with van der Waals surface area (Å²) in [4.78, 5) is 30.2. The average Bonchev–Trinajstić information content (AvgIpc) is 2.58. The fourth-order valence-corrected chi connectivity index (χ4v) is 3.26. The number of hydrogen-bond acceptors (Lipinski definition) is 3. The van der Waals surface area contributed by atoms with Crippen molar-refractivity contribution in [3.63, 3.8) is 0 Å². The van der Waals surface area contributed by atoms with E-state index >= 15 is 0 Å². The van der Waals surface area contributed by atoms with Crippen molar-refractivity contribution in [2.24, 2.45) is 0 Å². The average molecular weight is 405 g/mol. The number of benzene rings is 1. The fourth-order valence-electron chi connectivity index (χ4n) is 2.84. The van der Waals surface area contributed by atoms with Crippen LogP contribution in [-0.2, 0) is 11.3 Å². The molecule has 0 N–H and O–H groups in total. The summed E-state index contributed by atoms with van der Waals surface area (Å²) in [5.41, 5.74) is 0.354. The predicted molar refractivity (Wildman–Crippen MR) is 103 cm³/mol. The Labute approximate surface area is 161 Å². The molecule has 0 aliphatic heterocycles. The van der Waals surface area contributed by atoms with Gasteiger partial charge in [0.15, 0.2) is 4.84 Å². The summed E-state index contributed by atoms with van der Waals surface area (Å²) in [7, 11) is 0. The maximum Gasteiger partial charge on any atom is 0.261 e. The lowest BCUT2D eigenvalue weighted by Gasteiger charge is -2.30. The number of alkyl halides is 2. The van der Waals surface area contributed by atoms with Crippen LogP contribution in [0.25, 0.3) is 10.9 Å². The molecule has 2 aromatic rings. The molecule has 0 aliphatic rings. The second kappa shape index (κ2) is 8.39. The molecule has 0 radical (unpaired) electrons. The van der Waals surface area contributed by atoms with Crippen LogP contribution in [0.2, 0.25) is 5.02 Å². The van der Waals surface area contributed by atoms with Gasteiger partial charge in [-0.1, -0.05) is 41.7 Å². The topological polar surface area (TPSA) is 55.2 Å². The van der Waals surface area contributed by atoms with E-state index in [1.165, 1.54) is 0 Å². The largest absolute Gasteiger partial charge is 0.330 e. The van der Waals surface area contributed by atoms with Crippen LogP contribution in [0.4, 0.5) is 0 Å². The van der Waals surface area contributed by atoms with E-state index < -0.39 is 16.8 Å². The van der Waals surface area contributed by atoms with E-state index in [4.69, 9.17) is 34.8 Å². The molecule has 0 bridgehead atoms. The highest BCUT2D eigenvalue weighted by atomic mass is 35.5. The van der Waals surface area contributed by atoms with Crippen LogP contribution in [0.15, 0.2) is 23.0 Å². The van der Waals surface area contributed by atoms with E-state index in [0.717, 1.165) is 6.42 Å². The third-order valence-corrected chi connectivity index (χ3v) is 4.65. The van der Waals surface area contributed by atoms with Crippen molar-refractivity contribution in [2.45, 2.75) is 44.6 Å². The van der Waals surface area contributed by atoms with Gasteiger partial charge in [0.05, 0.1) is 16.9 Å². The first-order valence-corrected chi connectivity index (χ1v) is 9.35. The molecule has 136 valence electrons. The molecule has 0 spiro atoms. The molecule has 8 heteroatoms. The molecule has 1 amide bonds. The molecular formula is C17H20Cl3N3O2. The van der Waals surface area contributed by atoms with Gasteiger partial charge in [-0.05, 0) is 38.5 Å². The van der Waals surface area contributed by atoms with E-state index in [0.29, 0.717) is 34.8 Å². The summed E-state index contributed by atoms with van der Waals surface area (Å²) in [6, 6.07) is 4.55. The van der Waals surface area contributed by atoms with Crippen LogP contribution in [0.5, 0.6) is 0 Å². The zero-order valence-electron chi connectivity index (χ0n) is 14.3. The van der Waals surface area contributed by atoms with E-state index in [2.05, 4.69) is 4.98 Å². The van der Waals surface area contributed by atoms with E-state index in [9.17, 15) is 9.59 Å². The van der Waals surface area contributed by atoms with Gasteiger partial charge in [-0.3, -0.25) is 14.2 Å². The molecule has 0 aliphatic carbocycles. The van der Waals surface area contributed by atoms with Gasteiger partial charge in [0.1, 0.15) is 5.82 Å². The Morgan fingerprint density at radius 1 is 1.32 bits per heavy atom. The normalized spacial score (nSPS) is 12.6. The Kier molecular flexibility index (Phi) is 6.72. The van der Waals surface area contributed by atoms with Crippen LogP contribution in [-0.4, -0.2) is 31.7 Å². The molecule has 0 fully saturated rings. The van der Waals surface area contributed by atoms with Gasteiger partial charge in [-0.25, -0.2) is 4.98 Å². The van der Waals surface area contributed by atoms with Crippen molar-refractivity contribution >= 4 is 51.6 Å². The van der Waals surface area contributed by atoms with Crippen LogP contribution in [0.3, 0.4) is 0 Å². The molecule has 1 heterocycles. The second-order valence-corrected chi connectivity index (χ2v) is 7.22. The van der Waals surface area contributed by atoms with Crippen LogP contribution in [0, 0.1) is 0 Å². The Hall–Kier alpha value is -1.30. The molecule has 1 atom stereocenters. The number of hydrogen-bond donors (Lipinski definition) is 0. The highest BCUT2D eigenvalue weighted by molar-refractivity contribution is 6.53. The first kappa shape index (κ1) is 20.0. The van der Waals surface area contributed by atoms with Gasteiger partial charge in [0.2, 0.25) is 0 Å². The van der Waals surface area contributed by atoms with Crippen molar-refractivity contribution in [1.82, 2.24) is 14.5 Å². The van der Waals surface area contributed by atoms with E-state index in [-0.39, 0.29) is 5.56 Å². The summed E-state index contributed by atoms with van der Waals surface area (Å²) < 4.78 is 1.55. The minimum Gasteiger partial charge on any atom is -0.330 e. The molecule has 5 nitrogen and oxygen atoms in total. The number of halogens is 3. The third kappa shape index (κ3) is 4.10. The molecule has 1 unspecified atom stereocenters. The van der Waals surface area contributed by atoms with Crippen molar-refractivity contribution < 1.29 is 4.79 Å². The molecule has 1 aromatic carbocycles. The van der Waals surface area contributed by atoms with Crippen molar-refractivity contribution in [3.05, 3.63) is 39.4 Å². The monoisotopic (exact) mass is 403 g/mol. The minimum absolute atomic E-state index is 0.186. The van der Waals surface area contributed by atoms with Crippen LogP contribution < -0.4 is 5.56 Å². The number of amides is 1. The van der Waals surface area contributed by atoms with Gasteiger partial charge < -0.3 is 4.90 Å². The molecular weight excluding hydrogens is 385 g/mol. The zero-order valence-corrected chi connectivity index (χ0v) is 16.6. The van der Waals surface area contributed by atoms with Gasteiger partial charge in [-0.15, -0.1) is 0 Å². The minimum atomic E-state index is -1.16. The zero-order chi connectivity index (χ0) is 18.7. The van der Waals surface area contributed by atoms with Gasteiger partial charge in [-0.2, -0.15) is 0 Å². The number of aromatic nitrogens is 2. The van der Waals surface area contributed by atoms with E-state index in [1.807, 2.05) is 20.8 Å². The number of rotatable bonds is 6. The van der Waals surface area contributed by atoms with Gasteiger partial charge in [0, 0.05) is 18.1 Å². The lowest BCUT2D eigenvalue weighted by atomic mass is 10.2. The summed E-state index contributed by atoms with van der Waals surface area (Å²) in [5.74, 6) is 0.101. The van der Waals surface area contributed by atoms with Crippen LogP contribution in [0.1, 0.15) is 39.1 Å². The summed E-state index contributed by atoms with van der Waals surface area (Å²) >= 11 is 17.6. The first-order chi connectivity index (χ1) is 11.8.